The summed E-state index contributed by atoms with van der Waals surface area (Å²) >= 11 is 7.59. The molecule has 11 heteroatoms. The zero-order chi connectivity index (χ0) is 27.2. The van der Waals surface area contributed by atoms with Crippen molar-refractivity contribution in [2.75, 3.05) is 12.0 Å². The number of halogens is 1. The van der Waals surface area contributed by atoms with Crippen LogP contribution in [0.1, 0.15) is 23.6 Å². The number of nitro benzene ring substituents is 1. The predicted molar refractivity (Wildman–Crippen MR) is 144 cm³/mol. The van der Waals surface area contributed by atoms with Crippen molar-refractivity contribution in [2.45, 2.75) is 24.5 Å². The van der Waals surface area contributed by atoms with Crippen molar-refractivity contribution in [3.63, 3.8) is 0 Å². The number of aliphatic carboxylic acids is 1. The molecule has 0 saturated carbocycles. The third-order valence-corrected chi connectivity index (χ3v) is 8.40. The Bertz CT molecular complexity index is 1480. The number of nitrogens with zero attached hydrogens (tertiary/aromatic N) is 2. The van der Waals surface area contributed by atoms with E-state index in [0.29, 0.717) is 5.75 Å². The van der Waals surface area contributed by atoms with Crippen LogP contribution in [0.5, 0.6) is 0 Å². The zero-order valence-corrected chi connectivity index (χ0v) is 21.9. The molecule has 0 aliphatic carbocycles. The molecular formula is C27H24ClN3O6S. The standard InChI is InChI=1S/C27H24ClN3O6S/c1-38-12-11-27(26(34)35)22-21(23(29-27)19-13-17(28)9-10-20(19)31(36)37)24(32)30(25(22)33)14-16-7-4-6-15-5-2-3-8-18(15)16/h2-10,13,21-23,29H,11-12,14H2,1H3,(H,34,35). The van der Waals surface area contributed by atoms with E-state index in [2.05, 4.69) is 5.32 Å². The van der Waals surface area contributed by atoms with Gasteiger partial charge in [0, 0.05) is 16.7 Å². The average Bonchev–Trinajstić information content (AvgIpc) is 3.37. The van der Waals surface area contributed by atoms with Gasteiger partial charge < -0.3 is 5.11 Å². The molecule has 2 saturated heterocycles. The van der Waals surface area contributed by atoms with Gasteiger partial charge in [0.2, 0.25) is 11.8 Å². The molecule has 2 heterocycles. The lowest BCUT2D eigenvalue weighted by Crippen LogP contribution is -2.56. The summed E-state index contributed by atoms with van der Waals surface area (Å²) < 4.78 is 0. The number of carboxylic acid groups (broad SMARTS) is 1. The molecule has 5 rings (SSSR count). The third-order valence-electron chi connectivity index (χ3n) is 7.56. The Balaban J connectivity index is 1.63. The van der Waals surface area contributed by atoms with Crippen LogP contribution in [0.2, 0.25) is 5.02 Å². The average molecular weight is 554 g/mol. The molecule has 2 aliphatic rings. The Morgan fingerprint density at radius 2 is 1.89 bits per heavy atom. The van der Waals surface area contributed by atoms with E-state index in [1.54, 1.807) is 0 Å². The van der Waals surface area contributed by atoms with Crippen LogP contribution in [0, 0.1) is 22.0 Å². The van der Waals surface area contributed by atoms with E-state index in [1.165, 1.54) is 30.0 Å². The number of thioether (sulfide) groups is 1. The number of benzene rings is 3. The van der Waals surface area contributed by atoms with Gasteiger partial charge >= 0.3 is 5.97 Å². The highest BCUT2D eigenvalue weighted by atomic mass is 35.5. The van der Waals surface area contributed by atoms with Gasteiger partial charge in [0.1, 0.15) is 5.54 Å². The number of nitro groups is 1. The van der Waals surface area contributed by atoms with E-state index in [-0.39, 0.29) is 29.2 Å². The minimum Gasteiger partial charge on any atom is -0.480 e. The van der Waals surface area contributed by atoms with Crippen LogP contribution < -0.4 is 5.32 Å². The third kappa shape index (κ3) is 4.13. The molecule has 0 aromatic heterocycles. The monoisotopic (exact) mass is 553 g/mol. The van der Waals surface area contributed by atoms with Gasteiger partial charge in [-0.05, 0) is 46.9 Å². The van der Waals surface area contributed by atoms with E-state index < -0.39 is 46.1 Å². The van der Waals surface area contributed by atoms with Crippen molar-refractivity contribution in [3.05, 3.63) is 86.9 Å². The number of rotatable bonds is 8. The fourth-order valence-electron chi connectivity index (χ4n) is 5.82. The summed E-state index contributed by atoms with van der Waals surface area (Å²) in [5.41, 5.74) is -1.26. The zero-order valence-electron chi connectivity index (χ0n) is 20.3. The maximum Gasteiger partial charge on any atom is 0.324 e. The van der Waals surface area contributed by atoms with Crippen molar-refractivity contribution >= 4 is 57.6 Å². The first kappa shape index (κ1) is 26.1. The second kappa shape index (κ2) is 10.0. The van der Waals surface area contributed by atoms with Gasteiger partial charge in [-0.1, -0.05) is 54.1 Å². The largest absolute Gasteiger partial charge is 0.480 e. The minimum atomic E-state index is -1.78. The summed E-state index contributed by atoms with van der Waals surface area (Å²) in [5, 5.41) is 27.3. The van der Waals surface area contributed by atoms with Crippen LogP contribution in [0.4, 0.5) is 5.69 Å². The van der Waals surface area contributed by atoms with Gasteiger partial charge in [0.15, 0.2) is 0 Å². The maximum absolute atomic E-state index is 13.9. The molecular weight excluding hydrogens is 530 g/mol. The van der Waals surface area contributed by atoms with Crippen molar-refractivity contribution < 1.29 is 24.4 Å². The predicted octanol–water partition coefficient (Wildman–Crippen LogP) is 4.42. The second-order valence-corrected chi connectivity index (χ2v) is 10.9. The van der Waals surface area contributed by atoms with Gasteiger partial charge in [0.25, 0.3) is 5.69 Å². The highest BCUT2D eigenvalue weighted by Crippen LogP contribution is 2.52. The molecule has 38 heavy (non-hydrogen) atoms. The normalized spacial score (nSPS) is 24.7. The molecule has 4 atom stereocenters. The Morgan fingerprint density at radius 1 is 1.16 bits per heavy atom. The lowest BCUT2D eigenvalue weighted by atomic mass is 9.78. The van der Waals surface area contributed by atoms with E-state index in [0.717, 1.165) is 21.2 Å². The molecule has 9 nitrogen and oxygen atoms in total. The summed E-state index contributed by atoms with van der Waals surface area (Å²) in [6.07, 6.45) is 1.87. The fourth-order valence-corrected chi connectivity index (χ4v) is 6.53. The molecule has 4 unspecified atom stereocenters. The molecule has 2 amide bonds. The number of carboxylic acids is 1. The number of nitrogens with one attached hydrogen (secondary N) is 1. The first-order valence-electron chi connectivity index (χ1n) is 12.0. The molecule has 2 fully saturated rings. The van der Waals surface area contributed by atoms with Crippen molar-refractivity contribution in [2.24, 2.45) is 11.8 Å². The van der Waals surface area contributed by atoms with Gasteiger partial charge in [-0.25, -0.2) is 0 Å². The topological polar surface area (TPSA) is 130 Å². The summed E-state index contributed by atoms with van der Waals surface area (Å²) in [6, 6.07) is 16.0. The molecule has 0 spiro atoms. The number of hydrogen-bond acceptors (Lipinski definition) is 7. The van der Waals surface area contributed by atoms with Crippen LogP contribution in [-0.4, -0.2) is 50.3 Å². The fraction of sp³-hybridized carbons (Fsp3) is 0.296. The highest BCUT2D eigenvalue weighted by Gasteiger charge is 2.68. The van der Waals surface area contributed by atoms with Crippen molar-refractivity contribution in [1.29, 1.82) is 0 Å². The van der Waals surface area contributed by atoms with Gasteiger partial charge in [-0.3, -0.25) is 34.7 Å². The number of carbonyl (C=O) groups excluding carboxylic acids is 2. The van der Waals surface area contributed by atoms with E-state index >= 15 is 0 Å². The lowest BCUT2D eigenvalue weighted by molar-refractivity contribution is -0.385. The SMILES string of the molecule is CSCCC1(C(=O)O)NC(c2cc(Cl)ccc2[N+](=O)[O-])C2C(=O)N(Cc3cccc4ccccc34)C(=O)C21. The summed E-state index contributed by atoms with van der Waals surface area (Å²) in [5.74, 6) is -4.42. The van der Waals surface area contributed by atoms with E-state index in [4.69, 9.17) is 11.6 Å². The minimum absolute atomic E-state index is 0.0331. The Kier molecular flexibility index (Phi) is 6.89. The molecule has 0 radical (unpaired) electrons. The number of likely N-dealkylation sites (tertiary alicyclic amines) is 1. The Morgan fingerprint density at radius 3 is 2.61 bits per heavy atom. The maximum atomic E-state index is 13.9. The molecule has 0 bridgehead atoms. The first-order chi connectivity index (χ1) is 18.2. The molecule has 2 aliphatic heterocycles. The summed E-state index contributed by atoms with van der Waals surface area (Å²) in [6.45, 7) is -0.0331. The Hall–Kier alpha value is -3.47. The number of hydrogen-bond donors (Lipinski definition) is 2. The van der Waals surface area contributed by atoms with Crippen LogP contribution in [0.15, 0.2) is 60.7 Å². The van der Waals surface area contributed by atoms with Crippen LogP contribution in [0.25, 0.3) is 10.8 Å². The van der Waals surface area contributed by atoms with Crippen LogP contribution >= 0.6 is 23.4 Å². The second-order valence-electron chi connectivity index (χ2n) is 9.51. The van der Waals surface area contributed by atoms with E-state index in [9.17, 15) is 29.6 Å². The highest BCUT2D eigenvalue weighted by molar-refractivity contribution is 7.98. The smallest absolute Gasteiger partial charge is 0.324 e. The number of carbonyl (C=O) groups is 3. The molecule has 3 aromatic rings. The van der Waals surface area contributed by atoms with Crippen molar-refractivity contribution in [1.82, 2.24) is 10.2 Å². The van der Waals surface area contributed by atoms with Gasteiger partial charge in [-0.15, -0.1) is 0 Å². The van der Waals surface area contributed by atoms with Gasteiger partial charge in [-0.2, -0.15) is 11.8 Å². The molecule has 196 valence electrons. The summed E-state index contributed by atoms with van der Waals surface area (Å²) in [4.78, 5) is 53.1. The van der Waals surface area contributed by atoms with Crippen LogP contribution in [-0.2, 0) is 20.9 Å². The quantitative estimate of drug-likeness (QED) is 0.238. The number of amides is 2. The van der Waals surface area contributed by atoms with Crippen LogP contribution in [0.3, 0.4) is 0 Å². The lowest BCUT2D eigenvalue weighted by Gasteiger charge is -2.31. The number of imide groups is 1. The summed E-state index contributed by atoms with van der Waals surface area (Å²) in [7, 11) is 0. The number of fused-ring (bicyclic) bond motifs is 2. The molecule has 3 aromatic carbocycles. The van der Waals surface area contributed by atoms with Gasteiger partial charge in [0.05, 0.1) is 29.3 Å². The Labute approximate surface area is 227 Å². The first-order valence-corrected chi connectivity index (χ1v) is 13.7. The molecule has 2 N–H and O–H groups in total. The van der Waals surface area contributed by atoms with Crippen molar-refractivity contribution in [3.8, 4) is 0 Å². The van der Waals surface area contributed by atoms with E-state index in [1.807, 2.05) is 48.7 Å².